The molecule has 0 aliphatic carbocycles. The van der Waals surface area contributed by atoms with Crippen molar-refractivity contribution in [3.05, 3.63) is 35.9 Å². The quantitative estimate of drug-likeness (QED) is 0.826. The van der Waals surface area contributed by atoms with Gasteiger partial charge >= 0.3 is 12.0 Å². The van der Waals surface area contributed by atoms with Crippen LogP contribution in [0.5, 0.6) is 0 Å². The van der Waals surface area contributed by atoms with Crippen LogP contribution in [0.4, 0.5) is 4.79 Å². The van der Waals surface area contributed by atoms with Gasteiger partial charge in [0.05, 0.1) is 12.6 Å². The molecule has 5 heteroatoms. The van der Waals surface area contributed by atoms with Crippen LogP contribution in [0.3, 0.4) is 0 Å². The van der Waals surface area contributed by atoms with Crippen molar-refractivity contribution in [2.24, 2.45) is 0 Å². The van der Waals surface area contributed by atoms with Crippen molar-refractivity contribution in [3.63, 3.8) is 0 Å². The van der Waals surface area contributed by atoms with E-state index < -0.39 is 12.0 Å². The van der Waals surface area contributed by atoms with Gasteiger partial charge in [-0.25, -0.2) is 9.59 Å². The standard InChI is InChI=1S/C12H14N2O3/c1-8(9-5-3-2-4-6-9)14-10(11(15)16)7-13-12(14)17/h2-6,8,10H,7H2,1H3,(H,13,17)(H,15,16). The number of aliphatic carboxylic acids is 1. The predicted octanol–water partition coefficient (Wildman–Crippen LogP) is 1.23. The molecule has 90 valence electrons. The summed E-state index contributed by atoms with van der Waals surface area (Å²) in [5.41, 5.74) is 0.927. The molecule has 2 amide bonds. The largest absolute Gasteiger partial charge is 0.480 e. The van der Waals surface area contributed by atoms with Gasteiger partial charge in [0.15, 0.2) is 0 Å². The number of hydrogen-bond donors (Lipinski definition) is 2. The van der Waals surface area contributed by atoms with E-state index in [0.717, 1.165) is 5.56 Å². The van der Waals surface area contributed by atoms with E-state index in [1.54, 1.807) is 0 Å². The molecular weight excluding hydrogens is 220 g/mol. The Morgan fingerprint density at radius 2 is 2.12 bits per heavy atom. The van der Waals surface area contributed by atoms with E-state index in [2.05, 4.69) is 5.32 Å². The molecule has 17 heavy (non-hydrogen) atoms. The minimum absolute atomic E-state index is 0.158. The average Bonchev–Trinajstić information content (AvgIpc) is 2.71. The number of carbonyl (C=O) groups is 2. The van der Waals surface area contributed by atoms with Gasteiger partial charge in [-0.2, -0.15) is 0 Å². The van der Waals surface area contributed by atoms with E-state index in [4.69, 9.17) is 5.11 Å². The van der Waals surface area contributed by atoms with Gasteiger partial charge in [-0.05, 0) is 12.5 Å². The van der Waals surface area contributed by atoms with Gasteiger partial charge in [0.25, 0.3) is 0 Å². The zero-order valence-electron chi connectivity index (χ0n) is 9.46. The van der Waals surface area contributed by atoms with Crippen LogP contribution < -0.4 is 5.32 Å². The summed E-state index contributed by atoms with van der Waals surface area (Å²) < 4.78 is 0. The Labute approximate surface area is 99.0 Å². The summed E-state index contributed by atoms with van der Waals surface area (Å²) in [5.74, 6) is -0.980. The molecule has 0 spiro atoms. The zero-order chi connectivity index (χ0) is 12.4. The molecule has 1 aliphatic heterocycles. The fourth-order valence-electron chi connectivity index (χ4n) is 2.06. The van der Waals surface area contributed by atoms with Crippen molar-refractivity contribution >= 4 is 12.0 Å². The number of urea groups is 1. The molecule has 1 aromatic rings. The Balaban J connectivity index is 2.26. The Morgan fingerprint density at radius 1 is 1.47 bits per heavy atom. The van der Waals surface area contributed by atoms with Gasteiger partial charge < -0.3 is 15.3 Å². The number of carbonyl (C=O) groups excluding carboxylic acids is 1. The van der Waals surface area contributed by atoms with E-state index in [1.165, 1.54) is 4.90 Å². The maximum absolute atomic E-state index is 11.7. The summed E-state index contributed by atoms with van der Waals surface area (Å²) in [7, 11) is 0. The first-order chi connectivity index (χ1) is 8.11. The van der Waals surface area contributed by atoms with Crippen molar-refractivity contribution in [2.45, 2.75) is 19.0 Å². The van der Waals surface area contributed by atoms with Crippen LogP contribution in [0, 0.1) is 0 Å². The van der Waals surface area contributed by atoms with E-state index in [-0.39, 0.29) is 18.6 Å². The minimum Gasteiger partial charge on any atom is -0.480 e. The minimum atomic E-state index is -0.980. The molecule has 1 aliphatic rings. The zero-order valence-corrected chi connectivity index (χ0v) is 9.46. The van der Waals surface area contributed by atoms with E-state index in [9.17, 15) is 9.59 Å². The second-order valence-electron chi connectivity index (χ2n) is 4.03. The van der Waals surface area contributed by atoms with E-state index in [1.807, 2.05) is 37.3 Å². The number of benzene rings is 1. The van der Waals surface area contributed by atoms with Crippen LogP contribution in [-0.2, 0) is 4.79 Å². The average molecular weight is 234 g/mol. The molecule has 1 heterocycles. The van der Waals surface area contributed by atoms with Crippen molar-refractivity contribution in [1.82, 2.24) is 10.2 Å². The SMILES string of the molecule is CC(c1ccccc1)N1C(=O)NCC1C(=O)O. The van der Waals surface area contributed by atoms with Crippen molar-refractivity contribution in [3.8, 4) is 0 Å². The molecule has 1 saturated heterocycles. The van der Waals surface area contributed by atoms with Crippen LogP contribution in [0.15, 0.2) is 30.3 Å². The molecule has 0 radical (unpaired) electrons. The first-order valence-corrected chi connectivity index (χ1v) is 5.45. The highest BCUT2D eigenvalue weighted by molar-refractivity contribution is 5.86. The monoisotopic (exact) mass is 234 g/mol. The van der Waals surface area contributed by atoms with Crippen molar-refractivity contribution in [1.29, 1.82) is 0 Å². The summed E-state index contributed by atoms with van der Waals surface area (Å²) in [4.78, 5) is 24.1. The second kappa shape index (κ2) is 4.45. The number of nitrogens with zero attached hydrogens (tertiary/aromatic N) is 1. The molecule has 0 bridgehead atoms. The fraction of sp³-hybridized carbons (Fsp3) is 0.333. The van der Waals surface area contributed by atoms with Gasteiger partial charge in [-0.3, -0.25) is 0 Å². The Hall–Kier alpha value is -2.04. The highest BCUT2D eigenvalue weighted by Crippen LogP contribution is 2.24. The van der Waals surface area contributed by atoms with Gasteiger partial charge in [0, 0.05) is 0 Å². The molecule has 2 N–H and O–H groups in total. The Kier molecular flexibility index (Phi) is 2.99. The lowest BCUT2D eigenvalue weighted by Gasteiger charge is -2.27. The lowest BCUT2D eigenvalue weighted by Crippen LogP contribution is -2.41. The molecule has 1 fully saturated rings. The van der Waals surface area contributed by atoms with Crippen molar-refractivity contribution in [2.75, 3.05) is 6.54 Å². The smallest absolute Gasteiger partial charge is 0.328 e. The molecule has 2 unspecified atom stereocenters. The van der Waals surface area contributed by atoms with Crippen LogP contribution in [-0.4, -0.2) is 34.6 Å². The molecule has 2 atom stereocenters. The normalized spacial score (nSPS) is 21.1. The van der Waals surface area contributed by atoms with Crippen LogP contribution in [0.2, 0.25) is 0 Å². The Morgan fingerprint density at radius 3 is 2.71 bits per heavy atom. The second-order valence-corrected chi connectivity index (χ2v) is 4.03. The number of amides is 2. The van der Waals surface area contributed by atoms with E-state index >= 15 is 0 Å². The van der Waals surface area contributed by atoms with Crippen LogP contribution in [0.25, 0.3) is 0 Å². The maximum atomic E-state index is 11.7. The number of rotatable bonds is 3. The summed E-state index contributed by atoms with van der Waals surface area (Å²) in [6.07, 6.45) is 0. The van der Waals surface area contributed by atoms with Crippen LogP contribution >= 0.6 is 0 Å². The lowest BCUT2D eigenvalue weighted by molar-refractivity contribution is -0.141. The first-order valence-electron chi connectivity index (χ1n) is 5.45. The third-order valence-corrected chi connectivity index (χ3v) is 3.00. The topological polar surface area (TPSA) is 69.6 Å². The number of nitrogens with one attached hydrogen (secondary N) is 1. The summed E-state index contributed by atoms with van der Waals surface area (Å²) >= 11 is 0. The molecule has 5 nitrogen and oxygen atoms in total. The number of carboxylic acid groups (broad SMARTS) is 1. The van der Waals surface area contributed by atoms with Gasteiger partial charge in [0.2, 0.25) is 0 Å². The Bertz CT molecular complexity index is 433. The number of hydrogen-bond acceptors (Lipinski definition) is 2. The molecular formula is C12H14N2O3. The third kappa shape index (κ3) is 2.08. The predicted molar refractivity (Wildman–Crippen MR) is 61.5 cm³/mol. The van der Waals surface area contributed by atoms with Gasteiger partial charge in [0.1, 0.15) is 6.04 Å². The summed E-state index contributed by atoms with van der Waals surface area (Å²) in [6, 6.07) is 8.02. The summed E-state index contributed by atoms with van der Waals surface area (Å²) in [6.45, 7) is 1.99. The molecule has 0 saturated carbocycles. The third-order valence-electron chi connectivity index (χ3n) is 3.00. The van der Waals surface area contributed by atoms with E-state index in [0.29, 0.717) is 0 Å². The molecule has 0 aromatic heterocycles. The number of carboxylic acids is 1. The fourth-order valence-corrected chi connectivity index (χ4v) is 2.06. The summed E-state index contributed by atoms with van der Waals surface area (Å²) in [5, 5.41) is 11.6. The first kappa shape index (κ1) is 11.4. The van der Waals surface area contributed by atoms with Crippen LogP contribution in [0.1, 0.15) is 18.5 Å². The lowest BCUT2D eigenvalue weighted by atomic mass is 10.1. The van der Waals surface area contributed by atoms with Gasteiger partial charge in [-0.1, -0.05) is 30.3 Å². The molecule has 2 rings (SSSR count). The highest BCUT2D eigenvalue weighted by atomic mass is 16.4. The van der Waals surface area contributed by atoms with Gasteiger partial charge in [-0.15, -0.1) is 0 Å². The highest BCUT2D eigenvalue weighted by Gasteiger charge is 2.39. The molecule has 1 aromatic carbocycles. The van der Waals surface area contributed by atoms with Crippen molar-refractivity contribution < 1.29 is 14.7 Å². The maximum Gasteiger partial charge on any atom is 0.328 e.